The topological polar surface area (TPSA) is 26.0 Å². The lowest BCUT2D eigenvalue weighted by Crippen LogP contribution is -2.53. The molecule has 0 amide bonds. The highest BCUT2D eigenvalue weighted by Gasteiger charge is 2.56. The van der Waals surface area contributed by atoms with Gasteiger partial charge < -0.3 is 5.73 Å². The summed E-state index contributed by atoms with van der Waals surface area (Å²) in [5.41, 5.74) is 6.99. The average molecular weight is 221 g/mol. The Hall–Kier alpha value is -0.0400. The molecule has 2 N–H and O–H groups in total. The van der Waals surface area contributed by atoms with Crippen molar-refractivity contribution < 1.29 is 0 Å². The second-order valence-electron chi connectivity index (χ2n) is 7.62. The van der Waals surface area contributed by atoms with Gasteiger partial charge in [-0.15, -0.1) is 0 Å². The van der Waals surface area contributed by atoms with Crippen molar-refractivity contribution in [3.8, 4) is 0 Å². The minimum atomic E-state index is 0.484. The molecule has 1 heteroatoms. The average Bonchev–Trinajstić information content (AvgIpc) is 2.14. The molecule has 1 nitrogen and oxygen atoms in total. The van der Waals surface area contributed by atoms with Crippen molar-refractivity contribution in [2.75, 3.05) is 6.54 Å². The molecular weight excluding hydrogens is 194 g/mol. The van der Waals surface area contributed by atoms with E-state index >= 15 is 0 Å². The van der Waals surface area contributed by atoms with Gasteiger partial charge in [-0.2, -0.15) is 0 Å². The molecule has 4 rings (SSSR count). The van der Waals surface area contributed by atoms with E-state index < -0.39 is 0 Å². The fourth-order valence-electron chi connectivity index (χ4n) is 5.57. The van der Waals surface area contributed by atoms with E-state index in [4.69, 9.17) is 5.73 Å². The van der Waals surface area contributed by atoms with E-state index in [2.05, 4.69) is 13.8 Å². The molecule has 0 radical (unpaired) electrons. The van der Waals surface area contributed by atoms with Gasteiger partial charge in [-0.25, -0.2) is 0 Å². The third kappa shape index (κ3) is 1.47. The molecule has 0 saturated heterocycles. The lowest BCUT2D eigenvalue weighted by molar-refractivity contribution is -0.121. The van der Waals surface area contributed by atoms with Gasteiger partial charge in [-0.05, 0) is 80.1 Å². The highest BCUT2D eigenvalue weighted by molar-refractivity contribution is 5.06. The molecule has 0 aromatic heterocycles. The number of nitrogens with two attached hydrogens (primary N) is 1. The summed E-state index contributed by atoms with van der Waals surface area (Å²) in [4.78, 5) is 0. The van der Waals surface area contributed by atoms with Crippen molar-refractivity contribution in [1.82, 2.24) is 0 Å². The van der Waals surface area contributed by atoms with E-state index in [1.165, 1.54) is 25.7 Å². The fraction of sp³-hybridized carbons (Fsp3) is 1.00. The molecular formula is C15H27N. The molecule has 4 aliphatic carbocycles. The van der Waals surface area contributed by atoms with Crippen LogP contribution in [0.25, 0.3) is 0 Å². The van der Waals surface area contributed by atoms with E-state index in [1.54, 1.807) is 19.3 Å². The summed E-state index contributed by atoms with van der Waals surface area (Å²) in [6.45, 7) is 5.86. The molecule has 0 aliphatic heterocycles. The molecule has 0 spiro atoms. The van der Waals surface area contributed by atoms with Crippen LogP contribution >= 0.6 is 0 Å². The summed E-state index contributed by atoms with van der Waals surface area (Å²) >= 11 is 0. The van der Waals surface area contributed by atoms with Crippen LogP contribution in [0.3, 0.4) is 0 Å². The summed E-state index contributed by atoms with van der Waals surface area (Å²) in [6.07, 6.45) is 10.4. The van der Waals surface area contributed by atoms with Crippen molar-refractivity contribution in [1.29, 1.82) is 0 Å². The Morgan fingerprint density at radius 1 is 1.00 bits per heavy atom. The Balaban J connectivity index is 1.88. The quantitative estimate of drug-likeness (QED) is 0.774. The van der Waals surface area contributed by atoms with Crippen LogP contribution < -0.4 is 5.73 Å². The Bertz CT molecular complexity index is 244. The number of hydrogen-bond donors (Lipinski definition) is 1. The van der Waals surface area contributed by atoms with Gasteiger partial charge in [0.05, 0.1) is 0 Å². The third-order valence-corrected chi connectivity index (χ3v) is 6.24. The van der Waals surface area contributed by atoms with Gasteiger partial charge in [0.15, 0.2) is 0 Å². The normalized spacial score (nSPS) is 46.3. The van der Waals surface area contributed by atoms with Crippen LogP contribution in [0.2, 0.25) is 0 Å². The van der Waals surface area contributed by atoms with Crippen LogP contribution in [0, 0.1) is 28.6 Å². The van der Waals surface area contributed by atoms with Gasteiger partial charge in [0.1, 0.15) is 0 Å². The largest absolute Gasteiger partial charge is 0.330 e. The zero-order chi connectivity index (χ0) is 11.4. The zero-order valence-electron chi connectivity index (χ0n) is 11.0. The molecule has 16 heavy (non-hydrogen) atoms. The Labute approximate surface area is 100 Å². The van der Waals surface area contributed by atoms with Gasteiger partial charge in [-0.1, -0.05) is 13.8 Å². The molecule has 4 fully saturated rings. The van der Waals surface area contributed by atoms with Gasteiger partial charge >= 0.3 is 0 Å². The van der Waals surface area contributed by atoms with Gasteiger partial charge in [-0.3, -0.25) is 0 Å². The predicted octanol–water partition coefficient (Wildman–Crippen LogP) is 3.58. The molecule has 0 atom stereocenters. The standard InChI is InChI=1S/C15H27N/c1-14(2,3-4-16)15-8-11-5-12(9-15)7-13(6-11)10-15/h11-13H,3-10,16H2,1-2H3. The van der Waals surface area contributed by atoms with Crippen molar-refractivity contribution in [3.05, 3.63) is 0 Å². The summed E-state index contributed by atoms with van der Waals surface area (Å²) < 4.78 is 0. The van der Waals surface area contributed by atoms with Crippen molar-refractivity contribution in [2.45, 2.75) is 58.8 Å². The first-order valence-electron chi connectivity index (χ1n) is 7.25. The molecule has 0 unspecified atom stereocenters. The molecule has 0 heterocycles. The van der Waals surface area contributed by atoms with Gasteiger partial charge in [0, 0.05) is 0 Å². The summed E-state index contributed by atoms with van der Waals surface area (Å²) in [5.74, 6) is 3.22. The molecule has 4 bridgehead atoms. The Morgan fingerprint density at radius 2 is 1.44 bits per heavy atom. The van der Waals surface area contributed by atoms with Crippen molar-refractivity contribution in [2.24, 2.45) is 34.3 Å². The fourth-order valence-corrected chi connectivity index (χ4v) is 5.57. The van der Waals surface area contributed by atoms with Crippen LogP contribution in [0.1, 0.15) is 58.8 Å². The van der Waals surface area contributed by atoms with Crippen LogP contribution in [0.15, 0.2) is 0 Å². The number of hydrogen-bond acceptors (Lipinski definition) is 1. The molecule has 0 aromatic rings. The summed E-state index contributed by atoms with van der Waals surface area (Å²) in [5, 5.41) is 0. The summed E-state index contributed by atoms with van der Waals surface area (Å²) in [7, 11) is 0. The zero-order valence-corrected chi connectivity index (χ0v) is 11.0. The molecule has 0 aromatic carbocycles. The highest BCUT2D eigenvalue weighted by Crippen LogP contribution is 2.66. The smallest absolute Gasteiger partial charge is 0.00720 e. The lowest BCUT2D eigenvalue weighted by Gasteiger charge is -2.62. The van der Waals surface area contributed by atoms with Crippen LogP contribution in [-0.2, 0) is 0 Å². The molecule has 4 saturated carbocycles. The second kappa shape index (κ2) is 3.48. The molecule has 4 aliphatic rings. The Morgan fingerprint density at radius 3 is 1.81 bits per heavy atom. The van der Waals surface area contributed by atoms with E-state index in [-0.39, 0.29) is 0 Å². The maximum absolute atomic E-state index is 5.83. The summed E-state index contributed by atoms with van der Waals surface area (Å²) in [6, 6.07) is 0. The van der Waals surface area contributed by atoms with Crippen LogP contribution in [-0.4, -0.2) is 6.54 Å². The van der Waals surface area contributed by atoms with Crippen LogP contribution in [0.4, 0.5) is 0 Å². The van der Waals surface area contributed by atoms with Gasteiger partial charge in [0.25, 0.3) is 0 Å². The minimum absolute atomic E-state index is 0.484. The third-order valence-electron chi connectivity index (χ3n) is 6.24. The van der Waals surface area contributed by atoms with E-state index in [1.807, 2.05) is 0 Å². The SMILES string of the molecule is CC(C)(CCN)C12CC3CC(CC(C3)C1)C2. The van der Waals surface area contributed by atoms with Crippen molar-refractivity contribution >= 4 is 0 Å². The predicted molar refractivity (Wildman–Crippen MR) is 68.1 cm³/mol. The minimum Gasteiger partial charge on any atom is -0.330 e. The van der Waals surface area contributed by atoms with Crippen molar-refractivity contribution in [3.63, 3.8) is 0 Å². The first-order valence-corrected chi connectivity index (χ1v) is 7.25. The maximum Gasteiger partial charge on any atom is -0.00720 e. The molecule has 92 valence electrons. The maximum atomic E-state index is 5.83. The Kier molecular flexibility index (Phi) is 2.41. The van der Waals surface area contributed by atoms with Crippen LogP contribution in [0.5, 0.6) is 0 Å². The van der Waals surface area contributed by atoms with E-state index in [0.717, 1.165) is 24.3 Å². The first-order chi connectivity index (χ1) is 7.55. The lowest BCUT2D eigenvalue weighted by atomic mass is 9.43. The van der Waals surface area contributed by atoms with E-state index in [9.17, 15) is 0 Å². The first kappa shape index (κ1) is 11.1. The highest BCUT2D eigenvalue weighted by atomic mass is 14.6. The second-order valence-corrected chi connectivity index (χ2v) is 7.62. The monoisotopic (exact) mass is 221 g/mol. The van der Waals surface area contributed by atoms with E-state index in [0.29, 0.717) is 10.8 Å². The number of rotatable bonds is 3. The van der Waals surface area contributed by atoms with Gasteiger partial charge in [0.2, 0.25) is 0 Å².